The second kappa shape index (κ2) is 3.80. The molecule has 0 radical (unpaired) electrons. The molecule has 0 bridgehead atoms. The van der Waals surface area contributed by atoms with Crippen molar-refractivity contribution in [3.05, 3.63) is 48.0 Å². The SMILES string of the molecule is Oc1c(-c2cccs2)nc2cnc3ccccc3n12. The number of hydrogen-bond acceptors (Lipinski definition) is 4. The van der Waals surface area contributed by atoms with Crippen LogP contribution in [-0.2, 0) is 0 Å². The molecule has 0 aliphatic heterocycles. The van der Waals surface area contributed by atoms with Gasteiger partial charge in [-0.3, -0.25) is 9.38 Å². The number of aromatic hydroxyl groups is 1. The van der Waals surface area contributed by atoms with Crippen LogP contribution in [0.4, 0.5) is 0 Å². The Morgan fingerprint density at radius 2 is 2.00 bits per heavy atom. The van der Waals surface area contributed by atoms with E-state index >= 15 is 0 Å². The van der Waals surface area contributed by atoms with Gasteiger partial charge in [-0.25, -0.2) is 4.98 Å². The van der Waals surface area contributed by atoms with Gasteiger partial charge in [0.05, 0.1) is 22.1 Å². The van der Waals surface area contributed by atoms with Crippen molar-refractivity contribution in [3.63, 3.8) is 0 Å². The zero-order chi connectivity index (χ0) is 12.8. The lowest BCUT2D eigenvalue weighted by Gasteiger charge is -2.01. The molecule has 0 spiro atoms. The molecule has 92 valence electrons. The molecule has 0 unspecified atom stereocenters. The average molecular weight is 267 g/mol. The van der Waals surface area contributed by atoms with Gasteiger partial charge in [0, 0.05) is 0 Å². The molecular weight excluding hydrogens is 258 g/mol. The Kier molecular flexibility index (Phi) is 2.10. The predicted molar refractivity (Wildman–Crippen MR) is 75.5 cm³/mol. The number of aromatic nitrogens is 3. The fraction of sp³-hybridized carbons (Fsp3) is 0. The summed E-state index contributed by atoms with van der Waals surface area (Å²) in [5, 5.41) is 12.4. The van der Waals surface area contributed by atoms with Crippen molar-refractivity contribution in [2.75, 3.05) is 0 Å². The van der Waals surface area contributed by atoms with Crippen LogP contribution in [0.5, 0.6) is 5.88 Å². The lowest BCUT2D eigenvalue weighted by molar-refractivity contribution is 0.453. The number of benzene rings is 1. The van der Waals surface area contributed by atoms with Gasteiger partial charge in [0.25, 0.3) is 0 Å². The smallest absolute Gasteiger partial charge is 0.225 e. The first-order valence-electron chi connectivity index (χ1n) is 5.83. The van der Waals surface area contributed by atoms with Crippen molar-refractivity contribution < 1.29 is 5.11 Å². The Bertz CT molecular complexity index is 880. The van der Waals surface area contributed by atoms with E-state index in [4.69, 9.17) is 0 Å². The molecule has 0 fully saturated rings. The van der Waals surface area contributed by atoms with Crippen molar-refractivity contribution in [1.29, 1.82) is 0 Å². The van der Waals surface area contributed by atoms with Crippen molar-refractivity contribution in [2.45, 2.75) is 0 Å². The molecule has 5 heteroatoms. The first-order valence-corrected chi connectivity index (χ1v) is 6.71. The second-order valence-corrected chi connectivity index (χ2v) is 5.15. The quantitative estimate of drug-likeness (QED) is 0.575. The summed E-state index contributed by atoms with van der Waals surface area (Å²) in [6.07, 6.45) is 1.68. The highest BCUT2D eigenvalue weighted by Gasteiger charge is 2.15. The fourth-order valence-corrected chi connectivity index (χ4v) is 2.93. The molecule has 4 nitrogen and oxygen atoms in total. The molecule has 1 N–H and O–H groups in total. The summed E-state index contributed by atoms with van der Waals surface area (Å²) in [6.45, 7) is 0. The summed E-state index contributed by atoms with van der Waals surface area (Å²) in [7, 11) is 0. The van der Waals surface area contributed by atoms with Gasteiger partial charge in [-0.05, 0) is 23.6 Å². The molecule has 4 rings (SSSR count). The van der Waals surface area contributed by atoms with Crippen molar-refractivity contribution >= 4 is 28.0 Å². The third-order valence-electron chi connectivity index (χ3n) is 3.08. The van der Waals surface area contributed by atoms with E-state index in [0.717, 1.165) is 15.9 Å². The molecule has 0 saturated carbocycles. The van der Waals surface area contributed by atoms with E-state index < -0.39 is 0 Å². The van der Waals surface area contributed by atoms with Gasteiger partial charge in [0.1, 0.15) is 5.69 Å². The maximum Gasteiger partial charge on any atom is 0.225 e. The van der Waals surface area contributed by atoms with Gasteiger partial charge in [0.2, 0.25) is 5.88 Å². The minimum atomic E-state index is 0.163. The van der Waals surface area contributed by atoms with Gasteiger partial charge < -0.3 is 5.11 Å². The topological polar surface area (TPSA) is 50.4 Å². The standard InChI is InChI=1S/C14H9N3OS/c18-14-13(11-6-3-7-19-11)16-12-8-15-9-4-1-2-5-10(9)17(12)14/h1-8,18H. The first-order chi connectivity index (χ1) is 9.34. The lowest BCUT2D eigenvalue weighted by atomic mass is 10.3. The van der Waals surface area contributed by atoms with Crippen molar-refractivity contribution in [3.8, 4) is 16.5 Å². The number of nitrogens with zero attached hydrogens (tertiary/aromatic N) is 3. The molecule has 0 aliphatic rings. The Morgan fingerprint density at radius 1 is 1.11 bits per heavy atom. The number of imidazole rings is 1. The Hall–Kier alpha value is -2.40. The summed E-state index contributed by atoms with van der Waals surface area (Å²) in [5.41, 5.74) is 2.95. The Labute approximate surface area is 112 Å². The molecule has 3 aromatic heterocycles. The van der Waals surface area contributed by atoms with Crippen LogP contribution < -0.4 is 0 Å². The Balaban J connectivity index is 2.15. The minimum Gasteiger partial charge on any atom is -0.493 e. The highest BCUT2D eigenvalue weighted by Crippen LogP contribution is 2.33. The molecule has 1 aromatic carbocycles. The van der Waals surface area contributed by atoms with E-state index in [-0.39, 0.29) is 5.88 Å². The summed E-state index contributed by atoms with van der Waals surface area (Å²) >= 11 is 1.55. The van der Waals surface area contributed by atoms with E-state index in [2.05, 4.69) is 9.97 Å². The summed E-state index contributed by atoms with van der Waals surface area (Å²) in [4.78, 5) is 9.77. The molecule has 0 aliphatic carbocycles. The maximum absolute atomic E-state index is 10.4. The van der Waals surface area contributed by atoms with Crippen LogP contribution in [0.1, 0.15) is 0 Å². The zero-order valence-electron chi connectivity index (χ0n) is 9.82. The van der Waals surface area contributed by atoms with Crippen LogP contribution in [-0.4, -0.2) is 19.5 Å². The summed E-state index contributed by atoms with van der Waals surface area (Å²) in [5.74, 6) is 0.163. The zero-order valence-corrected chi connectivity index (χ0v) is 10.6. The van der Waals surface area contributed by atoms with Gasteiger partial charge in [-0.2, -0.15) is 0 Å². The number of thiophene rings is 1. The average Bonchev–Trinajstić information content (AvgIpc) is 3.06. The highest BCUT2D eigenvalue weighted by atomic mass is 32.1. The number of hydrogen-bond donors (Lipinski definition) is 1. The molecule has 19 heavy (non-hydrogen) atoms. The Morgan fingerprint density at radius 3 is 2.84 bits per heavy atom. The normalized spacial score (nSPS) is 11.4. The predicted octanol–water partition coefficient (Wildman–Crippen LogP) is 3.32. The number of fused-ring (bicyclic) bond motifs is 3. The second-order valence-electron chi connectivity index (χ2n) is 4.20. The monoisotopic (exact) mass is 267 g/mol. The van der Waals surface area contributed by atoms with Crippen molar-refractivity contribution in [2.24, 2.45) is 0 Å². The van der Waals surface area contributed by atoms with Crippen LogP contribution in [0.15, 0.2) is 48.0 Å². The van der Waals surface area contributed by atoms with E-state index in [1.807, 2.05) is 41.8 Å². The molecule has 3 heterocycles. The third kappa shape index (κ3) is 1.45. The first kappa shape index (κ1) is 10.5. The van der Waals surface area contributed by atoms with Crippen LogP contribution in [0.25, 0.3) is 27.3 Å². The van der Waals surface area contributed by atoms with Crippen LogP contribution in [0.3, 0.4) is 0 Å². The van der Waals surface area contributed by atoms with Crippen LogP contribution in [0.2, 0.25) is 0 Å². The molecule has 0 amide bonds. The van der Waals surface area contributed by atoms with E-state index in [9.17, 15) is 5.11 Å². The van der Waals surface area contributed by atoms with Gasteiger partial charge >= 0.3 is 0 Å². The molecule has 0 saturated heterocycles. The molecule has 0 atom stereocenters. The third-order valence-corrected chi connectivity index (χ3v) is 3.95. The number of para-hydroxylation sites is 2. The molecule has 4 aromatic rings. The largest absolute Gasteiger partial charge is 0.493 e. The number of rotatable bonds is 1. The lowest BCUT2D eigenvalue weighted by Crippen LogP contribution is -1.89. The van der Waals surface area contributed by atoms with E-state index in [1.54, 1.807) is 21.9 Å². The van der Waals surface area contributed by atoms with E-state index in [0.29, 0.717) is 11.3 Å². The summed E-state index contributed by atoms with van der Waals surface area (Å²) < 4.78 is 1.73. The highest BCUT2D eigenvalue weighted by molar-refractivity contribution is 7.13. The van der Waals surface area contributed by atoms with Gasteiger partial charge in [0.15, 0.2) is 5.65 Å². The molecular formula is C14H9N3OS. The van der Waals surface area contributed by atoms with Gasteiger partial charge in [-0.15, -0.1) is 11.3 Å². The van der Waals surface area contributed by atoms with Gasteiger partial charge in [-0.1, -0.05) is 18.2 Å². The van der Waals surface area contributed by atoms with Crippen LogP contribution >= 0.6 is 11.3 Å². The summed E-state index contributed by atoms with van der Waals surface area (Å²) in [6, 6.07) is 11.6. The minimum absolute atomic E-state index is 0.163. The van der Waals surface area contributed by atoms with Crippen molar-refractivity contribution in [1.82, 2.24) is 14.4 Å². The van der Waals surface area contributed by atoms with Crippen LogP contribution in [0, 0.1) is 0 Å². The van der Waals surface area contributed by atoms with E-state index in [1.165, 1.54) is 0 Å². The fourth-order valence-electron chi connectivity index (χ4n) is 2.22. The maximum atomic E-state index is 10.4.